The molecule has 2 aromatic rings. The van der Waals surface area contributed by atoms with Crippen molar-refractivity contribution >= 4 is 45.7 Å². The van der Waals surface area contributed by atoms with E-state index in [0.29, 0.717) is 22.6 Å². The number of nitrogens with zero attached hydrogens (tertiary/aromatic N) is 3. The van der Waals surface area contributed by atoms with E-state index in [9.17, 15) is 9.35 Å². The molecule has 2 atom stereocenters. The summed E-state index contributed by atoms with van der Waals surface area (Å²) in [7, 11) is 1.72. The number of nitrogen functional groups attached to an aromatic ring is 1. The average molecular weight is 515 g/mol. The summed E-state index contributed by atoms with van der Waals surface area (Å²) in [6, 6.07) is 8.09. The minimum atomic E-state index is -1.18. The van der Waals surface area contributed by atoms with Gasteiger partial charge in [-0.05, 0) is 60.9 Å². The summed E-state index contributed by atoms with van der Waals surface area (Å²) in [5.41, 5.74) is 8.06. The van der Waals surface area contributed by atoms with Crippen molar-refractivity contribution in [2.24, 2.45) is 7.05 Å². The van der Waals surface area contributed by atoms with Gasteiger partial charge in [0, 0.05) is 31.5 Å². The Labute approximate surface area is 182 Å². The van der Waals surface area contributed by atoms with Crippen molar-refractivity contribution in [3.8, 4) is 0 Å². The van der Waals surface area contributed by atoms with E-state index >= 15 is 0 Å². The van der Waals surface area contributed by atoms with Crippen molar-refractivity contribution in [1.82, 2.24) is 14.3 Å². The molecule has 0 spiro atoms. The van der Waals surface area contributed by atoms with Gasteiger partial charge in [-0.1, -0.05) is 24.3 Å². The van der Waals surface area contributed by atoms with Gasteiger partial charge in [0.25, 0.3) is 5.56 Å². The monoisotopic (exact) mass is 515 g/mol. The quantitative estimate of drug-likeness (QED) is 0.482. The molecule has 3 N–H and O–H groups in total. The normalized spacial score (nSPS) is 18.5. The number of nitrogens with two attached hydrogens (primary N) is 1. The van der Waals surface area contributed by atoms with Gasteiger partial charge in [-0.15, -0.1) is 4.72 Å². The molecular formula is C19H26IN5O2S. The first kappa shape index (κ1) is 21.4. The number of hydrogen-bond donors (Lipinski definition) is 2. The van der Waals surface area contributed by atoms with Crippen LogP contribution >= 0.6 is 22.6 Å². The van der Waals surface area contributed by atoms with Crippen molar-refractivity contribution in [2.45, 2.75) is 44.5 Å². The number of benzene rings is 1. The van der Waals surface area contributed by atoms with E-state index in [0.717, 1.165) is 17.5 Å². The summed E-state index contributed by atoms with van der Waals surface area (Å²) >= 11 is 0.750. The second kappa shape index (κ2) is 8.21. The molecule has 1 aromatic heterocycles. The Morgan fingerprint density at radius 2 is 2.04 bits per heavy atom. The molecule has 0 amide bonds. The van der Waals surface area contributed by atoms with E-state index in [4.69, 9.17) is 5.73 Å². The lowest BCUT2D eigenvalue weighted by Crippen LogP contribution is -2.41. The molecule has 152 valence electrons. The minimum absolute atomic E-state index is 0.0421. The number of fused-ring (bicyclic) bond motifs is 1. The van der Waals surface area contributed by atoms with E-state index in [2.05, 4.69) is 26.7 Å². The third kappa shape index (κ3) is 4.32. The van der Waals surface area contributed by atoms with Gasteiger partial charge in [0.15, 0.2) is 0 Å². The maximum Gasteiger partial charge on any atom is 0.270 e. The lowest BCUT2D eigenvalue weighted by Gasteiger charge is -2.28. The van der Waals surface area contributed by atoms with Crippen LogP contribution in [0.15, 0.2) is 29.1 Å². The fraction of sp³-hybridized carbons (Fsp3) is 0.474. The second-order valence-corrected chi connectivity index (χ2v) is 11.0. The van der Waals surface area contributed by atoms with Gasteiger partial charge in [-0.3, -0.25) is 9.36 Å². The summed E-state index contributed by atoms with van der Waals surface area (Å²) in [6.45, 7) is 7.14. The van der Waals surface area contributed by atoms with Crippen LogP contribution in [0.5, 0.6) is 0 Å². The Morgan fingerprint density at radius 1 is 1.36 bits per heavy atom. The number of aromatic nitrogens is 2. The average Bonchev–Trinajstić information content (AvgIpc) is 2.82. The van der Waals surface area contributed by atoms with Crippen LogP contribution in [-0.4, -0.2) is 25.4 Å². The summed E-state index contributed by atoms with van der Waals surface area (Å²) < 4.78 is 17.6. The zero-order valence-corrected chi connectivity index (χ0v) is 19.5. The molecule has 0 fully saturated rings. The number of halogens is 1. The van der Waals surface area contributed by atoms with Crippen LogP contribution in [0.1, 0.15) is 44.4 Å². The molecular weight excluding hydrogens is 489 g/mol. The Morgan fingerprint density at radius 3 is 2.71 bits per heavy atom. The summed E-state index contributed by atoms with van der Waals surface area (Å²) in [5.74, 6) is 0.801. The lowest BCUT2D eigenvalue weighted by molar-refractivity contribution is 0.513. The van der Waals surface area contributed by atoms with Crippen LogP contribution in [0, 0.1) is 3.57 Å². The fourth-order valence-corrected chi connectivity index (χ4v) is 4.54. The number of nitrogens with one attached hydrogen (secondary N) is 1. The van der Waals surface area contributed by atoms with E-state index in [1.807, 2.05) is 55.5 Å². The van der Waals surface area contributed by atoms with Gasteiger partial charge in [0.2, 0.25) is 5.95 Å². The molecule has 0 saturated heterocycles. The van der Waals surface area contributed by atoms with Gasteiger partial charge in [-0.25, -0.2) is 0 Å². The van der Waals surface area contributed by atoms with Crippen molar-refractivity contribution < 1.29 is 4.55 Å². The van der Waals surface area contributed by atoms with Crippen molar-refractivity contribution in [3.05, 3.63) is 49.3 Å². The Balaban J connectivity index is 1.97. The van der Waals surface area contributed by atoms with Crippen molar-refractivity contribution in [1.29, 1.82) is 0 Å². The molecule has 1 aromatic carbocycles. The zero-order chi connectivity index (χ0) is 20.6. The van der Waals surface area contributed by atoms with Gasteiger partial charge in [-0.2, -0.15) is 4.98 Å². The van der Waals surface area contributed by atoms with Crippen LogP contribution in [-0.2, 0) is 25.0 Å². The second-order valence-electron chi connectivity index (χ2n) is 7.94. The Kier molecular flexibility index (Phi) is 6.28. The van der Waals surface area contributed by atoms with E-state index in [1.54, 1.807) is 11.6 Å². The summed E-state index contributed by atoms with van der Waals surface area (Å²) in [4.78, 5) is 19.0. The van der Waals surface area contributed by atoms with E-state index in [1.165, 1.54) is 0 Å². The molecule has 28 heavy (non-hydrogen) atoms. The highest BCUT2D eigenvalue weighted by molar-refractivity contribution is 14.1. The maximum absolute atomic E-state index is 12.7. The third-order valence-corrected chi connectivity index (χ3v) is 7.43. The highest BCUT2D eigenvalue weighted by Gasteiger charge is 2.32. The molecule has 7 nitrogen and oxygen atoms in total. The van der Waals surface area contributed by atoms with Gasteiger partial charge < -0.3 is 15.2 Å². The maximum atomic E-state index is 12.7. The standard InChI is InChI=1S/C19H26IN5O2S/c1-19(2,3)28(27)23-14-9-10-25(11-12-7-5-6-8-13(12)14)18-22-16(21)15(20)17(26)24(18)4/h5-8,14,23H,9-11,21H2,1-4H3/t14?,28-/m1/s1. The van der Waals surface area contributed by atoms with Crippen LogP contribution in [0.25, 0.3) is 0 Å². The van der Waals surface area contributed by atoms with Crippen LogP contribution in [0.3, 0.4) is 0 Å². The first-order chi connectivity index (χ1) is 13.1. The number of hydrogen-bond acceptors (Lipinski definition) is 6. The first-order valence-corrected chi connectivity index (χ1v) is 11.3. The zero-order valence-electron chi connectivity index (χ0n) is 16.5. The topological polar surface area (TPSA) is 99.2 Å². The molecule has 0 saturated carbocycles. The minimum Gasteiger partial charge on any atom is -0.598 e. The Hall–Kier alpha value is -1.30. The third-order valence-electron chi connectivity index (χ3n) is 4.81. The van der Waals surface area contributed by atoms with Gasteiger partial charge in [0.1, 0.15) is 14.1 Å². The van der Waals surface area contributed by atoms with E-state index in [-0.39, 0.29) is 22.2 Å². The smallest absolute Gasteiger partial charge is 0.270 e. The molecule has 1 aliphatic rings. The molecule has 1 aliphatic heterocycles. The van der Waals surface area contributed by atoms with Gasteiger partial charge >= 0.3 is 0 Å². The summed E-state index contributed by atoms with van der Waals surface area (Å²) in [5, 5.41) is 0. The predicted molar refractivity (Wildman–Crippen MR) is 122 cm³/mol. The lowest BCUT2D eigenvalue weighted by atomic mass is 10.0. The molecule has 2 heterocycles. The first-order valence-electron chi connectivity index (χ1n) is 9.12. The largest absolute Gasteiger partial charge is 0.598 e. The highest BCUT2D eigenvalue weighted by atomic mass is 127. The SMILES string of the molecule is Cn1c(N2CCC(N[S@+]([O-])C(C)(C)C)c3ccccc3C2)nc(N)c(I)c1=O. The Bertz CT molecular complexity index is 928. The molecule has 3 rings (SSSR count). The molecule has 1 unspecified atom stereocenters. The van der Waals surface area contributed by atoms with Crippen molar-refractivity contribution in [3.63, 3.8) is 0 Å². The number of anilines is 2. The van der Waals surface area contributed by atoms with E-state index < -0.39 is 11.4 Å². The highest BCUT2D eigenvalue weighted by Crippen LogP contribution is 2.30. The molecule has 0 bridgehead atoms. The van der Waals surface area contributed by atoms with Crippen LogP contribution < -0.4 is 20.9 Å². The molecule has 0 aliphatic carbocycles. The number of rotatable bonds is 3. The van der Waals surface area contributed by atoms with Gasteiger partial charge in [0.05, 0.1) is 6.04 Å². The van der Waals surface area contributed by atoms with Crippen LogP contribution in [0.2, 0.25) is 0 Å². The fourth-order valence-electron chi connectivity index (χ4n) is 3.20. The summed E-state index contributed by atoms with van der Waals surface area (Å²) in [6.07, 6.45) is 0.737. The van der Waals surface area contributed by atoms with Crippen molar-refractivity contribution in [2.75, 3.05) is 17.2 Å². The molecule has 9 heteroatoms. The van der Waals surface area contributed by atoms with Crippen LogP contribution in [0.4, 0.5) is 11.8 Å². The predicted octanol–water partition coefficient (Wildman–Crippen LogP) is 2.47. The molecule has 0 radical (unpaired) electrons.